The number of imidazole rings is 1. The summed E-state index contributed by atoms with van der Waals surface area (Å²) in [7, 11) is 0. The van der Waals surface area contributed by atoms with Gasteiger partial charge in [-0.05, 0) is 25.0 Å². The van der Waals surface area contributed by atoms with E-state index in [4.69, 9.17) is 4.98 Å². The third-order valence-electron chi connectivity index (χ3n) is 4.47. The zero-order valence-corrected chi connectivity index (χ0v) is 13.5. The number of fused-ring (bicyclic) bond motifs is 1. The average Bonchev–Trinajstić information content (AvgIpc) is 2.87. The van der Waals surface area contributed by atoms with Crippen molar-refractivity contribution in [2.75, 3.05) is 0 Å². The van der Waals surface area contributed by atoms with Crippen molar-refractivity contribution in [3.63, 3.8) is 0 Å². The number of carbonyl (C=O) groups is 1. The van der Waals surface area contributed by atoms with Crippen LogP contribution in [-0.2, 0) is 11.3 Å². The molecule has 1 aliphatic carbocycles. The number of para-hydroxylation sites is 2. The standard InChI is InChI=1S/C18H25N3O/c1-13(2)18-20-15-10-6-7-11-16(15)21(18)12-17(22)19-14-8-4-3-5-9-14/h6-7,10-11,13-14H,3-5,8-9,12H2,1-2H3,(H,19,22). The van der Waals surface area contributed by atoms with Crippen molar-refractivity contribution >= 4 is 16.9 Å². The molecule has 0 atom stereocenters. The van der Waals surface area contributed by atoms with E-state index < -0.39 is 0 Å². The van der Waals surface area contributed by atoms with Crippen LogP contribution in [0.5, 0.6) is 0 Å². The predicted molar refractivity (Wildman–Crippen MR) is 88.8 cm³/mol. The van der Waals surface area contributed by atoms with Crippen molar-refractivity contribution in [3.8, 4) is 0 Å². The molecule has 0 unspecified atom stereocenters. The van der Waals surface area contributed by atoms with Crippen LogP contribution in [0.1, 0.15) is 57.7 Å². The second-order valence-electron chi connectivity index (χ2n) is 6.60. The molecule has 0 bridgehead atoms. The molecule has 1 fully saturated rings. The highest BCUT2D eigenvalue weighted by atomic mass is 16.2. The van der Waals surface area contributed by atoms with Crippen molar-refractivity contribution in [1.29, 1.82) is 0 Å². The first-order chi connectivity index (χ1) is 10.6. The third-order valence-corrected chi connectivity index (χ3v) is 4.47. The summed E-state index contributed by atoms with van der Waals surface area (Å²) in [5.41, 5.74) is 2.02. The van der Waals surface area contributed by atoms with E-state index in [1.807, 2.05) is 24.3 Å². The van der Waals surface area contributed by atoms with E-state index in [2.05, 4.69) is 23.7 Å². The summed E-state index contributed by atoms with van der Waals surface area (Å²) in [4.78, 5) is 17.1. The second kappa shape index (κ2) is 6.51. The Balaban J connectivity index is 1.79. The molecule has 1 aromatic heterocycles. The lowest BCUT2D eigenvalue weighted by Gasteiger charge is -2.23. The Morgan fingerprint density at radius 1 is 1.27 bits per heavy atom. The summed E-state index contributed by atoms with van der Waals surface area (Å²) < 4.78 is 2.07. The lowest BCUT2D eigenvalue weighted by molar-refractivity contribution is -0.122. The van der Waals surface area contributed by atoms with Crippen LogP contribution < -0.4 is 5.32 Å². The Morgan fingerprint density at radius 3 is 2.73 bits per heavy atom. The van der Waals surface area contributed by atoms with Gasteiger partial charge in [-0.1, -0.05) is 45.2 Å². The predicted octanol–water partition coefficient (Wildman–Crippen LogP) is 3.61. The van der Waals surface area contributed by atoms with Gasteiger partial charge in [0.2, 0.25) is 5.91 Å². The molecule has 22 heavy (non-hydrogen) atoms. The molecule has 1 heterocycles. The monoisotopic (exact) mass is 299 g/mol. The molecular weight excluding hydrogens is 274 g/mol. The van der Waals surface area contributed by atoms with Crippen LogP contribution in [0.3, 0.4) is 0 Å². The maximum atomic E-state index is 12.4. The fourth-order valence-electron chi connectivity index (χ4n) is 3.36. The van der Waals surface area contributed by atoms with Crippen molar-refractivity contribution in [1.82, 2.24) is 14.9 Å². The normalized spacial score (nSPS) is 16.3. The van der Waals surface area contributed by atoms with E-state index in [-0.39, 0.29) is 5.91 Å². The van der Waals surface area contributed by atoms with Gasteiger partial charge in [0, 0.05) is 12.0 Å². The Labute approximate surface area is 131 Å². The van der Waals surface area contributed by atoms with Crippen molar-refractivity contribution in [2.45, 2.75) is 64.5 Å². The highest BCUT2D eigenvalue weighted by Gasteiger charge is 2.19. The number of nitrogens with zero attached hydrogens (tertiary/aromatic N) is 2. The Bertz CT molecular complexity index is 653. The van der Waals surface area contributed by atoms with E-state index >= 15 is 0 Å². The van der Waals surface area contributed by atoms with E-state index in [0.29, 0.717) is 18.5 Å². The quantitative estimate of drug-likeness (QED) is 0.937. The molecule has 0 saturated heterocycles. The summed E-state index contributed by atoms with van der Waals surface area (Å²) >= 11 is 0. The summed E-state index contributed by atoms with van der Waals surface area (Å²) in [6.45, 7) is 4.61. The van der Waals surface area contributed by atoms with Crippen molar-refractivity contribution < 1.29 is 4.79 Å². The summed E-state index contributed by atoms with van der Waals surface area (Å²) in [6, 6.07) is 8.41. The van der Waals surface area contributed by atoms with Crippen LogP contribution in [-0.4, -0.2) is 21.5 Å². The molecule has 4 heteroatoms. The van der Waals surface area contributed by atoms with E-state index in [1.165, 1.54) is 19.3 Å². The van der Waals surface area contributed by atoms with Crippen LogP contribution in [0.4, 0.5) is 0 Å². The minimum Gasteiger partial charge on any atom is -0.352 e. The number of nitrogens with one attached hydrogen (secondary N) is 1. The molecule has 1 amide bonds. The summed E-state index contributed by atoms with van der Waals surface area (Å²) in [5.74, 6) is 1.40. The van der Waals surface area contributed by atoms with E-state index in [0.717, 1.165) is 29.7 Å². The number of hydrogen-bond acceptors (Lipinski definition) is 2. The smallest absolute Gasteiger partial charge is 0.240 e. The Kier molecular flexibility index (Phi) is 4.46. The number of hydrogen-bond donors (Lipinski definition) is 1. The van der Waals surface area contributed by atoms with Gasteiger partial charge in [-0.2, -0.15) is 0 Å². The average molecular weight is 299 g/mol. The molecule has 1 aromatic carbocycles. The van der Waals surface area contributed by atoms with Crippen molar-refractivity contribution in [2.24, 2.45) is 0 Å². The number of carbonyl (C=O) groups excluding carboxylic acids is 1. The van der Waals surface area contributed by atoms with Gasteiger partial charge in [-0.3, -0.25) is 4.79 Å². The molecular formula is C18H25N3O. The number of amides is 1. The number of benzene rings is 1. The number of rotatable bonds is 4. The molecule has 0 aliphatic heterocycles. The maximum absolute atomic E-state index is 12.4. The lowest BCUT2D eigenvalue weighted by Crippen LogP contribution is -2.38. The van der Waals surface area contributed by atoms with Gasteiger partial charge in [-0.15, -0.1) is 0 Å². The topological polar surface area (TPSA) is 46.9 Å². The molecule has 3 rings (SSSR count). The van der Waals surface area contributed by atoms with Gasteiger partial charge in [0.1, 0.15) is 12.4 Å². The zero-order valence-electron chi connectivity index (χ0n) is 13.5. The van der Waals surface area contributed by atoms with Gasteiger partial charge in [0.05, 0.1) is 11.0 Å². The molecule has 2 aromatic rings. The maximum Gasteiger partial charge on any atom is 0.240 e. The summed E-state index contributed by atoms with van der Waals surface area (Å²) in [6.07, 6.45) is 6.00. The SMILES string of the molecule is CC(C)c1nc2ccccc2n1CC(=O)NC1CCCCC1. The molecule has 1 aliphatic rings. The van der Waals surface area contributed by atoms with Gasteiger partial charge in [-0.25, -0.2) is 4.98 Å². The molecule has 118 valence electrons. The van der Waals surface area contributed by atoms with Crippen molar-refractivity contribution in [3.05, 3.63) is 30.1 Å². The van der Waals surface area contributed by atoms with Gasteiger partial charge >= 0.3 is 0 Å². The Hall–Kier alpha value is -1.84. The van der Waals surface area contributed by atoms with E-state index in [9.17, 15) is 4.79 Å². The van der Waals surface area contributed by atoms with Gasteiger partial charge in [0.15, 0.2) is 0 Å². The fourth-order valence-corrected chi connectivity index (χ4v) is 3.36. The first-order valence-electron chi connectivity index (χ1n) is 8.39. The van der Waals surface area contributed by atoms with Gasteiger partial charge in [0.25, 0.3) is 0 Å². The third kappa shape index (κ3) is 3.16. The first kappa shape index (κ1) is 15.1. The molecule has 1 saturated carbocycles. The Morgan fingerprint density at radius 2 is 2.00 bits per heavy atom. The number of aromatic nitrogens is 2. The molecule has 4 nitrogen and oxygen atoms in total. The highest BCUT2D eigenvalue weighted by Crippen LogP contribution is 2.22. The van der Waals surface area contributed by atoms with Gasteiger partial charge < -0.3 is 9.88 Å². The molecule has 0 radical (unpaired) electrons. The van der Waals surface area contributed by atoms with E-state index in [1.54, 1.807) is 0 Å². The fraction of sp³-hybridized carbons (Fsp3) is 0.556. The first-order valence-corrected chi connectivity index (χ1v) is 8.39. The lowest BCUT2D eigenvalue weighted by atomic mass is 9.95. The van der Waals surface area contributed by atoms with Crippen LogP contribution in [0.2, 0.25) is 0 Å². The van der Waals surface area contributed by atoms with Crippen LogP contribution in [0.25, 0.3) is 11.0 Å². The largest absolute Gasteiger partial charge is 0.352 e. The molecule has 1 N–H and O–H groups in total. The van der Waals surface area contributed by atoms with Crippen LogP contribution in [0, 0.1) is 0 Å². The zero-order chi connectivity index (χ0) is 15.5. The minimum atomic E-state index is 0.108. The molecule has 0 spiro atoms. The van der Waals surface area contributed by atoms with Crippen LogP contribution in [0.15, 0.2) is 24.3 Å². The second-order valence-corrected chi connectivity index (χ2v) is 6.60. The summed E-state index contributed by atoms with van der Waals surface area (Å²) in [5, 5.41) is 3.20. The van der Waals surface area contributed by atoms with Crippen LogP contribution >= 0.6 is 0 Å². The minimum absolute atomic E-state index is 0.108. The highest BCUT2D eigenvalue weighted by molar-refractivity contribution is 5.81.